The summed E-state index contributed by atoms with van der Waals surface area (Å²) in [5.74, 6) is 2.79. The molecule has 0 aliphatic carbocycles. The van der Waals surface area contributed by atoms with Crippen molar-refractivity contribution in [3.8, 4) is 11.5 Å². The number of hydrogen-bond acceptors (Lipinski definition) is 5. The predicted octanol–water partition coefficient (Wildman–Crippen LogP) is 2.51. The van der Waals surface area contributed by atoms with Crippen LogP contribution in [0.25, 0.3) is 11.5 Å². The van der Waals surface area contributed by atoms with E-state index in [2.05, 4.69) is 31.6 Å². The van der Waals surface area contributed by atoms with Crippen LogP contribution in [0, 0.1) is 0 Å². The van der Waals surface area contributed by atoms with Gasteiger partial charge in [-0.2, -0.15) is 0 Å². The third-order valence-corrected chi connectivity index (χ3v) is 4.18. The fourth-order valence-electron chi connectivity index (χ4n) is 2.99. The summed E-state index contributed by atoms with van der Waals surface area (Å²) >= 11 is 0. The van der Waals surface area contributed by atoms with Gasteiger partial charge >= 0.3 is 0 Å². The van der Waals surface area contributed by atoms with Gasteiger partial charge in [0.25, 0.3) is 0 Å². The van der Waals surface area contributed by atoms with E-state index in [0.29, 0.717) is 5.89 Å². The maximum atomic E-state index is 5.61. The molecule has 3 aromatic rings. The topological polar surface area (TPSA) is 60.0 Å². The average Bonchev–Trinajstić information content (AvgIpc) is 3.22. The fourth-order valence-corrected chi connectivity index (χ4v) is 2.99. The van der Waals surface area contributed by atoms with Crippen LogP contribution < -0.4 is 0 Å². The first-order chi connectivity index (χ1) is 11.3. The second-order valence-corrected chi connectivity index (χ2v) is 5.76. The second-order valence-electron chi connectivity index (χ2n) is 5.76. The molecule has 118 valence electrons. The molecule has 0 saturated carbocycles. The summed E-state index contributed by atoms with van der Waals surface area (Å²) in [5, 5.41) is 8.55. The van der Waals surface area contributed by atoms with Gasteiger partial charge in [0, 0.05) is 31.6 Å². The molecule has 0 bridgehead atoms. The molecule has 6 nitrogen and oxygen atoms in total. The van der Waals surface area contributed by atoms with Gasteiger partial charge in [-0.15, -0.1) is 10.2 Å². The number of oxazole rings is 1. The lowest BCUT2D eigenvalue weighted by Crippen LogP contribution is -2.34. The molecule has 1 aromatic carbocycles. The summed E-state index contributed by atoms with van der Waals surface area (Å²) in [7, 11) is 0. The molecule has 2 aromatic heterocycles. The Morgan fingerprint density at radius 1 is 1.13 bits per heavy atom. The second kappa shape index (κ2) is 5.96. The minimum absolute atomic E-state index is 0.675. The molecule has 1 aliphatic heterocycles. The highest BCUT2D eigenvalue weighted by atomic mass is 16.3. The molecule has 0 N–H and O–H groups in total. The summed E-state index contributed by atoms with van der Waals surface area (Å²) < 4.78 is 7.84. The van der Waals surface area contributed by atoms with Gasteiger partial charge in [-0.1, -0.05) is 25.1 Å². The molecule has 3 heterocycles. The maximum absolute atomic E-state index is 5.61. The van der Waals surface area contributed by atoms with Gasteiger partial charge in [0.05, 0.1) is 12.2 Å². The monoisotopic (exact) mass is 309 g/mol. The summed E-state index contributed by atoms with van der Waals surface area (Å²) in [6.07, 6.45) is 2.68. The molecule has 0 radical (unpaired) electrons. The molecule has 0 amide bonds. The van der Waals surface area contributed by atoms with Crippen molar-refractivity contribution in [3.63, 3.8) is 0 Å². The number of hydrogen-bond donors (Lipinski definition) is 0. The van der Waals surface area contributed by atoms with E-state index in [1.807, 2.05) is 30.3 Å². The van der Waals surface area contributed by atoms with Crippen LogP contribution >= 0.6 is 0 Å². The zero-order valence-corrected chi connectivity index (χ0v) is 13.1. The summed E-state index contributed by atoms with van der Waals surface area (Å²) in [6.45, 7) is 5.61. The number of nitrogens with zero attached hydrogens (tertiary/aromatic N) is 5. The van der Waals surface area contributed by atoms with Crippen LogP contribution in [0.15, 0.2) is 41.0 Å². The minimum atomic E-state index is 0.675. The molecule has 6 heteroatoms. The van der Waals surface area contributed by atoms with E-state index in [4.69, 9.17) is 4.42 Å². The molecule has 1 aliphatic rings. The highest BCUT2D eigenvalue weighted by Gasteiger charge is 2.21. The molecule has 4 rings (SSSR count). The standard InChI is InChI=1S/C17H19N5O/c1-2-15-19-20-16-11-21(8-9-22(15)16)10-14-12-23-17(18-14)13-6-4-3-5-7-13/h3-7,12H,2,8-11H2,1H3. The van der Waals surface area contributed by atoms with Gasteiger partial charge in [-0.3, -0.25) is 4.90 Å². The van der Waals surface area contributed by atoms with Crippen LogP contribution in [0.2, 0.25) is 0 Å². The molecule has 0 saturated heterocycles. The Balaban J connectivity index is 1.46. The lowest BCUT2D eigenvalue weighted by molar-refractivity contribution is 0.205. The molecule has 0 unspecified atom stereocenters. The molecule has 0 spiro atoms. The van der Waals surface area contributed by atoms with Gasteiger partial charge in [0.1, 0.15) is 17.9 Å². The average molecular weight is 309 g/mol. The number of fused-ring (bicyclic) bond motifs is 1. The highest BCUT2D eigenvalue weighted by molar-refractivity contribution is 5.52. The zero-order valence-electron chi connectivity index (χ0n) is 13.1. The van der Waals surface area contributed by atoms with E-state index in [-0.39, 0.29) is 0 Å². The normalized spacial score (nSPS) is 14.8. The van der Waals surface area contributed by atoms with Crippen molar-refractivity contribution in [1.82, 2.24) is 24.6 Å². The van der Waals surface area contributed by atoms with Crippen molar-refractivity contribution in [2.24, 2.45) is 0 Å². The Labute approximate surface area is 134 Å². The van der Waals surface area contributed by atoms with E-state index in [9.17, 15) is 0 Å². The Hall–Kier alpha value is -2.47. The van der Waals surface area contributed by atoms with Crippen molar-refractivity contribution >= 4 is 0 Å². The van der Waals surface area contributed by atoms with Crippen molar-refractivity contribution in [3.05, 3.63) is 53.9 Å². The van der Waals surface area contributed by atoms with Crippen LogP contribution in [0.3, 0.4) is 0 Å². The van der Waals surface area contributed by atoms with E-state index >= 15 is 0 Å². The first kappa shape index (κ1) is 14.1. The number of aromatic nitrogens is 4. The summed E-state index contributed by atoms with van der Waals surface area (Å²) in [4.78, 5) is 6.93. The maximum Gasteiger partial charge on any atom is 0.226 e. The lowest BCUT2D eigenvalue weighted by Gasteiger charge is -2.26. The quantitative estimate of drug-likeness (QED) is 0.741. The zero-order chi connectivity index (χ0) is 15.6. The Kier molecular flexibility index (Phi) is 3.67. The van der Waals surface area contributed by atoms with Crippen molar-refractivity contribution < 1.29 is 4.42 Å². The molecule has 23 heavy (non-hydrogen) atoms. The summed E-state index contributed by atoms with van der Waals surface area (Å²) in [6, 6.07) is 9.97. The van der Waals surface area contributed by atoms with Gasteiger partial charge in [-0.25, -0.2) is 4.98 Å². The molecule has 0 fully saturated rings. The smallest absolute Gasteiger partial charge is 0.226 e. The third-order valence-electron chi connectivity index (χ3n) is 4.18. The molecular weight excluding hydrogens is 290 g/mol. The van der Waals surface area contributed by atoms with Gasteiger partial charge < -0.3 is 8.98 Å². The first-order valence-corrected chi connectivity index (χ1v) is 7.96. The largest absolute Gasteiger partial charge is 0.444 e. The Morgan fingerprint density at radius 3 is 2.83 bits per heavy atom. The SMILES string of the molecule is CCc1nnc2n1CCN(Cc1coc(-c3ccccc3)n1)C2. The summed E-state index contributed by atoms with van der Waals surface area (Å²) in [5.41, 5.74) is 1.96. The molecule has 0 atom stereocenters. The van der Waals surface area contributed by atoms with Crippen molar-refractivity contribution in [1.29, 1.82) is 0 Å². The van der Waals surface area contributed by atoms with E-state index in [1.165, 1.54) is 0 Å². The van der Waals surface area contributed by atoms with Crippen LogP contribution in [0.1, 0.15) is 24.3 Å². The van der Waals surface area contributed by atoms with Crippen LogP contribution in [0.4, 0.5) is 0 Å². The fraction of sp³-hybridized carbons (Fsp3) is 0.353. The van der Waals surface area contributed by atoms with Gasteiger partial charge in [-0.05, 0) is 12.1 Å². The van der Waals surface area contributed by atoms with Gasteiger partial charge in [0.2, 0.25) is 5.89 Å². The van der Waals surface area contributed by atoms with Crippen molar-refractivity contribution in [2.75, 3.05) is 6.54 Å². The van der Waals surface area contributed by atoms with E-state index in [1.54, 1.807) is 6.26 Å². The Bertz CT molecular complexity index is 792. The van der Waals surface area contributed by atoms with Crippen LogP contribution in [0.5, 0.6) is 0 Å². The highest BCUT2D eigenvalue weighted by Crippen LogP contribution is 2.20. The van der Waals surface area contributed by atoms with Gasteiger partial charge in [0.15, 0.2) is 0 Å². The van der Waals surface area contributed by atoms with E-state index in [0.717, 1.165) is 55.5 Å². The third kappa shape index (κ3) is 2.77. The number of rotatable bonds is 4. The van der Waals surface area contributed by atoms with Crippen LogP contribution in [-0.4, -0.2) is 31.2 Å². The van der Waals surface area contributed by atoms with E-state index < -0.39 is 0 Å². The Morgan fingerprint density at radius 2 is 2.00 bits per heavy atom. The number of aryl methyl sites for hydroxylation is 1. The number of benzene rings is 1. The predicted molar refractivity (Wildman–Crippen MR) is 85.5 cm³/mol. The lowest BCUT2D eigenvalue weighted by atomic mass is 10.2. The van der Waals surface area contributed by atoms with Crippen molar-refractivity contribution in [2.45, 2.75) is 33.0 Å². The van der Waals surface area contributed by atoms with Crippen LogP contribution in [-0.2, 0) is 26.1 Å². The molecular formula is C17H19N5O. The first-order valence-electron chi connectivity index (χ1n) is 7.96. The minimum Gasteiger partial charge on any atom is -0.444 e.